The minimum absolute atomic E-state index is 0.0135. The van der Waals surface area contributed by atoms with E-state index >= 15 is 0 Å². The van der Waals surface area contributed by atoms with Gasteiger partial charge in [0.1, 0.15) is 0 Å². The number of hydrogen-bond acceptors (Lipinski definition) is 4. The Bertz CT molecular complexity index is 911. The molecule has 0 bridgehead atoms. The fourth-order valence-electron chi connectivity index (χ4n) is 3.00. The van der Waals surface area contributed by atoms with Crippen molar-refractivity contribution < 1.29 is 14.4 Å². The van der Waals surface area contributed by atoms with Crippen molar-refractivity contribution in [2.75, 3.05) is 37.3 Å². The van der Waals surface area contributed by atoms with E-state index in [-0.39, 0.29) is 37.4 Å². The fourth-order valence-corrected chi connectivity index (χ4v) is 3.00. The summed E-state index contributed by atoms with van der Waals surface area (Å²) in [5.41, 5.74) is 4.65. The van der Waals surface area contributed by atoms with Gasteiger partial charge in [-0.15, -0.1) is 0 Å². The third-order valence-electron chi connectivity index (χ3n) is 4.82. The molecule has 0 heterocycles. The number of carbonyl (C=O) groups is 3. The SMILES string of the molecule is CCc1ccccc1NC(=O)CN(C)CC(=O)NCC(=O)Nc1cccc(C)c1C. The Morgan fingerprint density at radius 2 is 1.47 bits per heavy atom. The smallest absolute Gasteiger partial charge is 0.243 e. The average molecular weight is 411 g/mol. The first-order chi connectivity index (χ1) is 14.3. The molecule has 30 heavy (non-hydrogen) atoms. The molecule has 0 saturated carbocycles. The van der Waals surface area contributed by atoms with Crippen LogP contribution in [0.3, 0.4) is 0 Å². The maximum Gasteiger partial charge on any atom is 0.243 e. The highest BCUT2D eigenvalue weighted by Crippen LogP contribution is 2.17. The van der Waals surface area contributed by atoms with Crippen molar-refractivity contribution in [1.29, 1.82) is 0 Å². The van der Waals surface area contributed by atoms with Gasteiger partial charge in [0, 0.05) is 11.4 Å². The van der Waals surface area contributed by atoms with Gasteiger partial charge in [0.2, 0.25) is 17.7 Å². The molecule has 3 amide bonds. The van der Waals surface area contributed by atoms with Crippen LogP contribution in [-0.2, 0) is 20.8 Å². The van der Waals surface area contributed by atoms with Crippen LogP contribution in [0.1, 0.15) is 23.6 Å². The van der Waals surface area contributed by atoms with Gasteiger partial charge in [-0.25, -0.2) is 0 Å². The molecule has 3 N–H and O–H groups in total. The monoisotopic (exact) mass is 410 g/mol. The Hall–Kier alpha value is -3.19. The Morgan fingerprint density at radius 1 is 0.833 bits per heavy atom. The summed E-state index contributed by atoms with van der Waals surface area (Å²) in [5.74, 6) is -0.817. The summed E-state index contributed by atoms with van der Waals surface area (Å²) >= 11 is 0. The molecule has 0 aliphatic rings. The Morgan fingerprint density at radius 3 is 2.20 bits per heavy atom. The maximum absolute atomic E-state index is 12.3. The Kier molecular flexibility index (Phi) is 8.55. The zero-order valence-corrected chi connectivity index (χ0v) is 18.0. The van der Waals surface area contributed by atoms with E-state index in [0.29, 0.717) is 0 Å². The molecule has 0 spiro atoms. The lowest BCUT2D eigenvalue weighted by Gasteiger charge is -2.17. The molecule has 2 aromatic rings. The minimum atomic E-state index is -0.324. The van der Waals surface area contributed by atoms with Crippen molar-refractivity contribution in [2.45, 2.75) is 27.2 Å². The van der Waals surface area contributed by atoms with Crippen LogP contribution >= 0.6 is 0 Å². The number of hydrogen-bond donors (Lipinski definition) is 3. The summed E-state index contributed by atoms with van der Waals surface area (Å²) in [6, 6.07) is 13.3. The number of amides is 3. The standard InChI is InChI=1S/C23H30N4O3/c1-5-18-10-6-7-11-20(18)26-23(30)15-27(4)14-22(29)24-13-21(28)25-19-12-8-9-16(2)17(19)3/h6-12H,5,13-15H2,1-4H3,(H,24,29)(H,25,28)(H,26,30). The van der Waals surface area contributed by atoms with Gasteiger partial charge in [-0.05, 0) is 56.1 Å². The average Bonchev–Trinajstić information content (AvgIpc) is 2.70. The first kappa shape index (κ1) is 23.1. The fraction of sp³-hybridized carbons (Fsp3) is 0.348. The van der Waals surface area contributed by atoms with E-state index in [2.05, 4.69) is 16.0 Å². The van der Waals surface area contributed by atoms with Crippen molar-refractivity contribution in [2.24, 2.45) is 0 Å². The third kappa shape index (κ3) is 7.00. The normalized spacial score (nSPS) is 10.6. The van der Waals surface area contributed by atoms with Crippen LogP contribution in [0.2, 0.25) is 0 Å². The van der Waals surface area contributed by atoms with Crippen molar-refractivity contribution >= 4 is 29.1 Å². The number of benzene rings is 2. The highest BCUT2D eigenvalue weighted by Gasteiger charge is 2.13. The summed E-state index contributed by atoms with van der Waals surface area (Å²) in [5, 5.41) is 8.26. The van der Waals surface area contributed by atoms with E-state index in [0.717, 1.165) is 34.5 Å². The summed E-state index contributed by atoms with van der Waals surface area (Å²) in [6.45, 7) is 5.88. The molecule has 0 aliphatic carbocycles. The van der Waals surface area contributed by atoms with E-state index < -0.39 is 0 Å². The van der Waals surface area contributed by atoms with Gasteiger partial charge in [0.25, 0.3) is 0 Å². The second kappa shape index (κ2) is 11.1. The van der Waals surface area contributed by atoms with Gasteiger partial charge in [0.15, 0.2) is 0 Å². The Labute approximate surface area is 177 Å². The van der Waals surface area contributed by atoms with Gasteiger partial charge in [-0.1, -0.05) is 37.3 Å². The predicted molar refractivity (Wildman–Crippen MR) is 120 cm³/mol. The van der Waals surface area contributed by atoms with E-state index in [4.69, 9.17) is 0 Å². The molecule has 0 fully saturated rings. The van der Waals surface area contributed by atoms with Crippen molar-refractivity contribution in [1.82, 2.24) is 10.2 Å². The molecular formula is C23H30N4O3. The molecule has 0 aromatic heterocycles. The van der Waals surface area contributed by atoms with Gasteiger partial charge in [-0.3, -0.25) is 19.3 Å². The summed E-state index contributed by atoms with van der Waals surface area (Å²) in [6.07, 6.45) is 0.818. The lowest BCUT2D eigenvalue weighted by atomic mass is 10.1. The highest BCUT2D eigenvalue weighted by atomic mass is 16.2. The molecule has 2 rings (SSSR count). The van der Waals surface area contributed by atoms with Gasteiger partial charge < -0.3 is 16.0 Å². The largest absolute Gasteiger partial charge is 0.346 e. The first-order valence-electron chi connectivity index (χ1n) is 9.99. The van der Waals surface area contributed by atoms with Gasteiger partial charge in [-0.2, -0.15) is 0 Å². The molecule has 0 atom stereocenters. The minimum Gasteiger partial charge on any atom is -0.346 e. The molecule has 0 aliphatic heterocycles. The van der Waals surface area contributed by atoms with Crippen molar-refractivity contribution in [3.8, 4) is 0 Å². The quantitative estimate of drug-likeness (QED) is 0.592. The van der Waals surface area contributed by atoms with Crippen LogP contribution in [0, 0.1) is 13.8 Å². The third-order valence-corrected chi connectivity index (χ3v) is 4.82. The van der Waals surface area contributed by atoms with Crippen molar-refractivity contribution in [3.63, 3.8) is 0 Å². The lowest BCUT2D eigenvalue weighted by Crippen LogP contribution is -2.41. The summed E-state index contributed by atoms with van der Waals surface area (Å²) < 4.78 is 0. The van der Waals surface area contributed by atoms with E-state index in [9.17, 15) is 14.4 Å². The number of anilines is 2. The molecule has 7 nitrogen and oxygen atoms in total. The second-order valence-electron chi connectivity index (χ2n) is 7.30. The maximum atomic E-state index is 12.3. The first-order valence-corrected chi connectivity index (χ1v) is 9.99. The summed E-state index contributed by atoms with van der Waals surface area (Å²) in [7, 11) is 1.68. The van der Waals surface area contributed by atoms with Gasteiger partial charge in [0.05, 0.1) is 19.6 Å². The van der Waals surface area contributed by atoms with Crippen LogP contribution in [-0.4, -0.2) is 49.3 Å². The van der Waals surface area contributed by atoms with Crippen LogP contribution < -0.4 is 16.0 Å². The number of para-hydroxylation sites is 1. The number of nitrogens with one attached hydrogen (secondary N) is 3. The molecular weight excluding hydrogens is 380 g/mol. The number of rotatable bonds is 9. The van der Waals surface area contributed by atoms with Crippen molar-refractivity contribution in [3.05, 3.63) is 59.2 Å². The van der Waals surface area contributed by atoms with Crippen LogP contribution in [0.25, 0.3) is 0 Å². The second-order valence-corrected chi connectivity index (χ2v) is 7.30. The molecule has 2 aromatic carbocycles. The van der Waals surface area contributed by atoms with Crippen LogP contribution in [0.5, 0.6) is 0 Å². The Balaban J connectivity index is 1.75. The molecule has 160 valence electrons. The zero-order valence-electron chi connectivity index (χ0n) is 18.0. The number of carbonyl (C=O) groups excluding carboxylic acids is 3. The number of likely N-dealkylation sites (N-methyl/N-ethyl adjacent to an activating group) is 1. The number of nitrogens with zero attached hydrogens (tertiary/aromatic N) is 1. The molecule has 0 radical (unpaired) electrons. The predicted octanol–water partition coefficient (Wildman–Crippen LogP) is 2.49. The molecule has 0 unspecified atom stereocenters. The zero-order chi connectivity index (χ0) is 22.1. The number of aryl methyl sites for hydroxylation is 2. The van der Waals surface area contributed by atoms with E-state index in [1.165, 1.54) is 0 Å². The molecule has 0 saturated heterocycles. The van der Waals surface area contributed by atoms with E-state index in [1.807, 2.05) is 63.2 Å². The summed E-state index contributed by atoms with van der Waals surface area (Å²) in [4.78, 5) is 38.1. The molecule has 7 heteroatoms. The van der Waals surface area contributed by atoms with Crippen LogP contribution in [0.15, 0.2) is 42.5 Å². The highest BCUT2D eigenvalue weighted by molar-refractivity contribution is 5.96. The van der Waals surface area contributed by atoms with Crippen LogP contribution in [0.4, 0.5) is 11.4 Å². The van der Waals surface area contributed by atoms with E-state index in [1.54, 1.807) is 11.9 Å². The van der Waals surface area contributed by atoms with Gasteiger partial charge >= 0.3 is 0 Å². The lowest BCUT2D eigenvalue weighted by molar-refractivity contribution is -0.125. The topological polar surface area (TPSA) is 90.5 Å².